The molecule has 122 valence electrons. The molecule has 0 aliphatic carbocycles. The molecule has 0 aromatic rings. The van der Waals surface area contributed by atoms with Crippen LogP contribution in [0.5, 0.6) is 0 Å². The molecule has 0 heterocycles. The van der Waals surface area contributed by atoms with Gasteiger partial charge in [0, 0.05) is 0 Å². The van der Waals surface area contributed by atoms with Crippen molar-refractivity contribution in [2.45, 2.75) is 38.8 Å². The minimum absolute atomic E-state index is 0.115. The quantitative estimate of drug-likeness (QED) is 0.442. The Hall–Kier alpha value is -1.28. The molecule has 0 rings (SSSR count). The van der Waals surface area contributed by atoms with E-state index in [0.717, 1.165) is 5.75 Å². The van der Waals surface area contributed by atoms with Crippen LogP contribution in [0.2, 0.25) is 0 Å². The van der Waals surface area contributed by atoms with Crippen LogP contribution in [0.1, 0.15) is 26.7 Å². The molecule has 0 saturated carbocycles. The van der Waals surface area contributed by atoms with Gasteiger partial charge in [0.1, 0.15) is 12.6 Å². The number of hydrogen-bond acceptors (Lipinski definition) is 5. The number of amides is 2. The third kappa shape index (κ3) is 7.91. The molecular weight excluding hydrogens is 294 g/mol. The maximum absolute atomic E-state index is 12.0. The summed E-state index contributed by atoms with van der Waals surface area (Å²) in [5, 5.41) is 13.5. The Labute approximate surface area is 129 Å². The number of nitrogens with two attached hydrogens (primary N) is 1. The molecule has 3 atom stereocenters. The van der Waals surface area contributed by atoms with Crippen LogP contribution in [0.25, 0.3) is 0 Å². The summed E-state index contributed by atoms with van der Waals surface area (Å²) in [5.41, 5.74) is 5.76. The fraction of sp³-hybridized carbons (Fsp3) is 0.769. The highest BCUT2D eigenvalue weighted by Gasteiger charge is 2.27. The normalized spacial score (nSPS) is 14.9. The molecule has 8 heteroatoms. The van der Waals surface area contributed by atoms with E-state index in [-0.39, 0.29) is 11.8 Å². The number of thioether (sulfide) groups is 1. The molecule has 0 unspecified atom stereocenters. The van der Waals surface area contributed by atoms with Gasteiger partial charge in [-0.1, -0.05) is 20.3 Å². The number of nitrogens with one attached hydrogen (secondary N) is 2. The number of carbonyl (C=O) groups excluding carboxylic acids is 2. The molecule has 0 aromatic heterocycles. The highest BCUT2D eigenvalue weighted by Crippen LogP contribution is 2.09. The van der Waals surface area contributed by atoms with Gasteiger partial charge in [-0.05, 0) is 24.3 Å². The molecule has 5 N–H and O–H groups in total. The zero-order valence-corrected chi connectivity index (χ0v) is 13.5. The molecule has 2 amide bonds. The minimum Gasteiger partial charge on any atom is -0.480 e. The van der Waals surface area contributed by atoms with E-state index in [1.807, 2.05) is 20.1 Å². The fourth-order valence-electron chi connectivity index (χ4n) is 1.61. The average Bonchev–Trinajstić information content (AvgIpc) is 2.46. The van der Waals surface area contributed by atoms with Gasteiger partial charge < -0.3 is 21.5 Å². The predicted octanol–water partition coefficient (Wildman–Crippen LogP) is -0.201. The van der Waals surface area contributed by atoms with Gasteiger partial charge in [0.2, 0.25) is 11.8 Å². The van der Waals surface area contributed by atoms with Crippen LogP contribution in [-0.4, -0.2) is 53.5 Å². The lowest BCUT2D eigenvalue weighted by Crippen LogP contribution is -2.54. The Morgan fingerprint density at radius 1 is 1.29 bits per heavy atom. The van der Waals surface area contributed by atoms with E-state index in [9.17, 15) is 14.4 Å². The van der Waals surface area contributed by atoms with Crippen molar-refractivity contribution in [2.75, 3.05) is 18.6 Å². The summed E-state index contributed by atoms with van der Waals surface area (Å²) >= 11 is 1.59. The second-order valence-corrected chi connectivity index (χ2v) is 5.86. The SMILES string of the molecule is CC[C@H](C)[C@H](NC(=O)[C@@H](N)CCSC)C(=O)NCC(=O)O. The second kappa shape index (κ2) is 10.4. The van der Waals surface area contributed by atoms with Gasteiger partial charge in [0.15, 0.2) is 0 Å². The van der Waals surface area contributed by atoms with E-state index in [4.69, 9.17) is 10.8 Å². The van der Waals surface area contributed by atoms with Crippen molar-refractivity contribution < 1.29 is 19.5 Å². The lowest BCUT2D eigenvalue weighted by Gasteiger charge is -2.24. The Bertz CT molecular complexity index is 365. The predicted molar refractivity (Wildman–Crippen MR) is 83.0 cm³/mol. The van der Waals surface area contributed by atoms with Crippen LogP contribution in [0, 0.1) is 5.92 Å². The van der Waals surface area contributed by atoms with Crippen LogP contribution in [0.4, 0.5) is 0 Å². The summed E-state index contributed by atoms with van der Waals surface area (Å²) in [4.78, 5) is 34.5. The van der Waals surface area contributed by atoms with Gasteiger partial charge in [-0.2, -0.15) is 11.8 Å². The monoisotopic (exact) mass is 319 g/mol. The van der Waals surface area contributed by atoms with Gasteiger partial charge in [0.05, 0.1) is 6.04 Å². The van der Waals surface area contributed by atoms with Crippen LogP contribution < -0.4 is 16.4 Å². The lowest BCUT2D eigenvalue weighted by atomic mass is 9.97. The van der Waals surface area contributed by atoms with Crippen molar-refractivity contribution in [1.29, 1.82) is 0 Å². The highest BCUT2D eigenvalue weighted by atomic mass is 32.2. The van der Waals surface area contributed by atoms with Crippen molar-refractivity contribution in [2.24, 2.45) is 11.7 Å². The first-order valence-corrected chi connectivity index (χ1v) is 8.27. The molecule has 0 aliphatic heterocycles. The lowest BCUT2D eigenvalue weighted by molar-refractivity contribution is -0.138. The van der Waals surface area contributed by atoms with Crippen molar-refractivity contribution in [3.05, 3.63) is 0 Å². The fourth-order valence-corrected chi connectivity index (χ4v) is 2.10. The van der Waals surface area contributed by atoms with Gasteiger partial charge in [0.25, 0.3) is 0 Å². The van der Waals surface area contributed by atoms with E-state index in [1.54, 1.807) is 11.8 Å². The summed E-state index contributed by atoms with van der Waals surface area (Å²) in [6.45, 7) is 3.24. The topological polar surface area (TPSA) is 122 Å². The third-order valence-corrected chi connectivity index (χ3v) is 3.82. The van der Waals surface area contributed by atoms with E-state index in [0.29, 0.717) is 12.8 Å². The van der Waals surface area contributed by atoms with Crippen molar-refractivity contribution in [3.63, 3.8) is 0 Å². The Balaban J connectivity index is 4.65. The van der Waals surface area contributed by atoms with Crippen molar-refractivity contribution >= 4 is 29.5 Å². The Morgan fingerprint density at radius 2 is 1.90 bits per heavy atom. The van der Waals surface area contributed by atoms with E-state index >= 15 is 0 Å². The zero-order valence-electron chi connectivity index (χ0n) is 12.7. The van der Waals surface area contributed by atoms with Gasteiger partial charge in [-0.25, -0.2) is 0 Å². The van der Waals surface area contributed by atoms with Crippen LogP contribution in [-0.2, 0) is 14.4 Å². The smallest absolute Gasteiger partial charge is 0.322 e. The minimum atomic E-state index is -1.13. The summed E-state index contributed by atoms with van der Waals surface area (Å²) in [5.74, 6) is -1.38. The van der Waals surface area contributed by atoms with E-state index in [1.165, 1.54) is 0 Å². The number of carboxylic acid groups (broad SMARTS) is 1. The third-order valence-electron chi connectivity index (χ3n) is 3.18. The first-order chi connectivity index (χ1) is 9.83. The first-order valence-electron chi connectivity index (χ1n) is 6.87. The number of carbonyl (C=O) groups is 3. The van der Waals surface area contributed by atoms with Crippen LogP contribution in [0.3, 0.4) is 0 Å². The Morgan fingerprint density at radius 3 is 2.38 bits per heavy atom. The summed E-state index contributed by atoms with van der Waals surface area (Å²) in [6, 6.07) is -1.45. The molecular formula is C13H25N3O4S. The maximum atomic E-state index is 12.0. The van der Waals surface area contributed by atoms with Crippen molar-refractivity contribution in [3.8, 4) is 0 Å². The summed E-state index contributed by atoms with van der Waals surface area (Å²) < 4.78 is 0. The molecule has 0 radical (unpaired) electrons. The van der Waals surface area contributed by atoms with Crippen LogP contribution >= 0.6 is 11.8 Å². The molecule has 0 aromatic carbocycles. The van der Waals surface area contributed by atoms with Gasteiger partial charge in [-0.3, -0.25) is 14.4 Å². The highest BCUT2D eigenvalue weighted by molar-refractivity contribution is 7.98. The summed E-state index contributed by atoms with van der Waals surface area (Å²) in [6.07, 6.45) is 3.12. The standard InChI is InChI=1S/C13H25N3O4S/c1-4-8(2)11(13(20)15-7-10(17)18)16-12(19)9(14)5-6-21-3/h8-9,11H,4-7,14H2,1-3H3,(H,15,20)(H,16,19)(H,17,18)/t8-,9-,11-/m0/s1. The largest absolute Gasteiger partial charge is 0.480 e. The Kier molecular flexibility index (Phi) is 9.81. The number of rotatable bonds is 10. The molecule has 0 fully saturated rings. The van der Waals surface area contributed by atoms with Crippen molar-refractivity contribution in [1.82, 2.24) is 10.6 Å². The number of aliphatic carboxylic acids is 1. The molecule has 0 bridgehead atoms. The van der Waals surface area contributed by atoms with E-state index < -0.39 is 30.5 Å². The average molecular weight is 319 g/mol. The molecule has 21 heavy (non-hydrogen) atoms. The molecule has 0 aliphatic rings. The molecule has 0 spiro atoms. The zero-order chi connectivity index (χ0) is 16.4. The van der Waals surface area contributed by atoms with Crippen LogP contribution in [0.15, 0.2) is 0 Å². The second-order valence-electron chi connectivity index (χ2n) is 4.87. The number of hydrogen-bond donors (Lipinski definition) is 4. The first kappa shape index (κ1) is 19.7. The summed E-state index contributed by atoms with van der Waals surface area (Å²) in [7, 11) is 0. The number of carboxylic acids is 1. The maximum Gasteiger partial charge on any atom is 0.322 e. The van der Waals surface area contributed by atoms with Gasteiger partial charge >= 0.3 is 5.97 Å². The molecule has 7 nitrogen and oxygen atoms in total. The van der Waals surface area contributed by atoms with Gasteiger partial charge in [-0.15, -0.1) is 0 Å². The molecule has 0 saturated heterocycles. The van der Waals surface area contributed by atoms with E-state index in [2.05, 4.69) is 10.6 Å².